The highest BCUT2D eigenvalue weighted by atomic mass is 35.5. The van der Waals surface area contributed by atoms with Crippen LogP contribution in [0.2, 0.25) is 5.02 Å². The third-order valence-electron chi connectivity index (χ3n) is 2.30. The molecule has 0 radical (unpaired) electrons. The molecule has 0 amide bonds. The lowest BCUT2D eigenvalue weighted by atomic mass is 10.2. The first-order valence-corrected chi connectivity index (χ1v) is 5.42. The summed E-state index contributed by atoms with van der Waals surface area (Å²) in [6.07, 6.45) is 0. The molecule has 2 aromatic rings. The summed E-state index contributed by atoms with van der Waals surface area (Å²) in [6.45, 7) is 1.99. The molecule has 0 aliphatic carbocycles. The largest absolute Gasteiger partial charge is 0.397 e. The molecule has 16 heavy (non-hydrogen) atoms. The SMILES string of the molecule is Cc1cc(N)c(Cl)c(Nc2ccccc2)c1. The van der Waals surface area contributed by atoms with Crippen LogP contribution in [-0.4, -0.2) is 0 Å². The molecule has 0 aliphatic rings. The first-order chi connectivity index (χ1) is 7.66. The zero-order valence-electron chi connectivity index (χ0n) is 9.00. The molecule has 0 saturated carbocycles. The molecule has 0 heterocycles. The second-order valence-corrected chi connectivity index (χ2v) is 4.08. The number of anilines is 3. The Morgan fingerprint density at radius 3 is 2.50 bits per heavy atom. The van der Waals surface area contributed by atoms with Crippen LogP contribution in [0.15, 0.2) is 42.5 Å². The van der Waals surface area contributed by atoms with Crippen LogP contribution < -0.4 is 11.1 Å². The van der Waals surface area contributed by atoms with Crippen molar-refractivity contribution in [1.82, 2.24) is 0 Å². The van der Waals surface area contributed by atoms with Gasteiger partial charge in [0.05, 0.1) is 16.4 Å². The Kier molecular flexibility index (Phi) is 3.02. The predicted molar refractivity (Wildman–Crippen MR) is 70.3 cm³/mol. The van der Waals surface area contributed by atoms with Gasteiger partial charge in [-0.2, -0.15) is 0 Å². The molecular formula is C13H13ClN2. The summed E-state index contributed by atoms with van der Waals surface area (Å²) in [6, 6.07) is 13.7. The fourth-order valence-corrected chi connectivity index (χ4v) is 1.72. The fraction of sp³-hybridized carbons (Fsp3) is 0.0769. The molecule has 0 fully saturated rings. The molecule has 0 aromatic heterocycles. The van der Waals surface area contributed by atoms with Crippen molar-refractivity contribution in [1.29, 1.82) is 0 Å². The van der Waals surface area contributed by atoms with E-state index in [2.05, 4.69) is 5.32 Å². The lowest BCUT2D eigenvalue weighted by Gasteiger charge is -2.11. The first-order valence-electron chi connectivity index (χ1n) is 5.04. The van der Waals surface area contributed by atoms with Crippen LogP contribution in [0.1, 0.15) is 5.56 Å². The van der Waals surface area contributed by atoms with Gasteiger partial charge in [0.25, 0.3) is 0 Å². The zero-order valence-corrected chi connectivity index (χ0v) is 9.75. The van der Waals surface area contributed by atoms with Crippen LogP contribution in [0.25, 0.3) is 0 Å². The second-order valence-electron chi connectivity index (χ2n) is 3.71. The third kappa shape index (κ3) is 2.28. The Labute approximate surface area is 100 Å². The standard InChI is InChI=1S/C13H13ClN2/c1-9-7-11(15)13(14)12(8-9)16-10-5-3-2-4-6-10/h2-8,16H,15H2,1H3. The summed E-state index contributed by atoms with van der Waals surface area (Å²) in [5, 5.41) is 3.81. The van der Waals surface area contributed by atoms with E-state index >= 15 is 0 Å². The molecule has 2 nitrogen and oxygen atoms in total. The van der Waals surface area contributed by atoms with Gasteiger partial charge < -0.3 is 11.1 Å². The highest BCUT2D eigenvalue weighted by Gasteiger charge is 2.05. The predicted octanol–water partition coefficient (Wildman–Crippen LogP) is 3.97. The van der Waals surface area contributed by atoms with Crippen molar-refractivity contribution in [2.45, 2.75) is 6.92 Å². The van der Waals surface area contributed by atoms with E-state index in [0.717, 1.165) is 16.9 Å². The molecule has 0 atom stereocenters. The van der Waals surface area contributed by atoms with Gasteiger partial charge in [-0.25, -0.2) is 0 Å². The van der Waals surface area contributed by atoms with Gasteiger partial charge in [0.1, 0.15) is 0 Å². The fourth-order valence-electron chi connectivity index (χ4n) is 1.56. The summed E-state index contributed by atoms with van der Waals surface area (Å²) in [5.41, 5.74) is 9.32. The molecule has 0 aliphatic heterocycles. The van der Waals surface area contributed by atoms with Crippen LogP contribution in [-0.2, 0) is 0 Å². The Morgan fingerprint density at radius 2 is 1.81 bits per heavy atom. The lowest BCUT2D eigenvalue weighted by molar-refractivity contribution is 1.45. The van der Waals surface area contributed by atoms with Gasteiger partial charge in [0.2, 0.25) is 0 Å². The monoisotopic (exact) mass is 232 g/mol. The summed E-state index contributed by atoms with van der Waals surface area (Å²) < 4.78 is 0. The summed E-state index contributed by atoms with van der Waals surface area (Å²) in [4.78, 5) is 0. The molecule has 82 valence electrons. The smallest absolute Gasteiger partial charge is 0.0870 e. The van der Waals surface area contributed by atoms with Gasteiger partial charge in [-0.05, 0) is 36.8 Å². The first kappa shape index (κ1) is 10.8. The van der Waals surface area contributed by atoms with Crippen LogP contribution in [0, 0.1) is 6.92 Å². The van der Waals surface area contributed by atoms with Gasteiger partial charge in [-0.3, -0.25) is 0 Å². The zero-order chi connectivity index (χ0) is 11.5. The number of nitrogens with one attached hydrogen (secondary N) is 1. The number of para-hydroxylation sites is 1. The highest BCUT2D eigenvalue weighted by Crippen LogP contribution is 2.31. The maximum atomic E-state index is 6.13. The number of nitrogen functional groups attached to an aromatic ring is 1. The summed E-state index contributed by atoms with van der Waals surface area (Å²) >= 11 is 6.13. The van der Waals surface area contributed by atoms with Crippen molar-refractivity contribution in [3.63, 3.8) is 0 Å². The maximum absolute atomic E-state index is 6.13. The van der Waals surface area contributed by atoms with Gasteiger partial charge >= 0.3 is 0 Å². The molecule has 2 aromatic carbocycles. The molecule has 3 heteroatoms. The average molecular weight is 233 g/mol. The van der Waals surface area contributed by atoms with E-state index in [1.54, 1.807) is 0 Å². The quantitative estimate of drug-likeness (QED) is 0.769. The number of hydrogen-bond donors (Lipinski definition) is 2. The van der Waals surface area contributed by atoms with E-state index in [1.807, 2.05) is 49.4 Å². The number of halogens is 1. The van der Waals surface area contributed by atoms with Gasteiger partial charge in [0, 0.05) is 5.69 Å². The number of hydrogen-bond acceptors (Lipinski definition) is 2. The maximum Gasteiger partial charge on any atom is 0.0870 e. The number of nitrogens with two attached hydrogens (primary N) is 1. The Balaban J connectivity index is 2.35. The van der Waals surface area contributed by atoms with Crippen molar-refractivity contribution in [2.24, 2.45) is 0 Å². The minimum absolute atomic E-state index is 0.564. The normalized spacial score (nSPS) is 10.1. The summed E-state index contributed by atoms with van der Waals surface area (Å²) in [7, 11) is 0. The van der Waals surface area contributed by atoms with Crippen LogP contribution in [0.3, 0.4) is 0 Å². The summed E-state index contributed by atoms with van der Waals surface area (Å²) in [5.74, 6) is 0. The number of aryl methyl sites for hydroxylation is 1. The van der Waals surface area contributed by atoms with E-state index < -0.39 is 0 Å². The van der Waals surface area contributed by atoms with Crippen LogP contribution >= 0.6 is 11.6 Å². The molecular weight excluding hydrogens is 220 g/mol. The highest BCUT2D eigenvalue weighted by molar-refractivity contribution is 6.35. The number of benzene rings is 2. The second kappa shape index (κ2) is 4.45. The van der Waals surface area contributed by atoms with Gasteiger partial charge in [-0.15, -0.1) is 0 Å². The topological polar surface area (TPSA) is 38.0 Å². The van der Waals surface area contributed by atoms with E-state index in [4.69, 9.17) is 17.3 Å². The van der Waals surface area contributed by atoms with Crippen molar-refractivity contribution in [3.8, 4) is 0 Å². The van der Waals surface area contributed by atoms with Crippen molar-refractivity contribution in [3.05, 3.63) is 53.1 Å². The minimum atomic E-state index is 0.564. The molecule has 0 bridgehead atoms. The van der Waals surface area contributed by atoms with Crippen molar-refractivity contribution >= 4 is 28.7 Å². The third-order valence-corrected chi connectivity index (χ3v) is 2.72. The Hall–Kier alpha value is -1.67. The average Bonchev–Trinajstić information content (AvgIpc) is 2.27. The number of rotatable bonds is 2. The lowest BCUT2D eigenvalue weighted by Crippen LogP contribution is -1.95. The van der Waals surface area contributed by atoms with E-state index in [0.29, 0.717) is 10.7 Å². The Morgan fingerprint density at radius 1 is 1.12 bits per heavy atom. The van der Waals surface area contributed by atoms with Crippen LogP contribution in [0.4, 0.5) is 17.1 Å². The van der Waals surface area contributed by atoms with E-state index in [9.17, 15) is 0 Å². The minimum Gasteiger partial charge on any atom is -0.397 e. The molecule has 0 saturated heterocycles. The molecule has 3 N–H and O–H groups in total. The van der Waals surface area contributed by atoms with Crippen molar-refractivity contribution < 1.29 is 0 Å². The van der Waals surface area contributed by atoms with Gasteiger partial charge in [0.15, 0.2) is 0 Å². The van der Waals surface area contributed by atoms with Crippen LogP contribution in [0.5, 0.6) is 0 Å². The molecule has 0 spiro atoms. The molecule has 2 rings (SSSR count). The van der Waals surface area contributed by atoms with Crippen molar-refractivity contribution in [2.75, 3.05) is 11.1 Å². The molecule has 0 unspecified atom stereocenters. The van der Waals surface area contributed by atoms with E-state index in [-0.39, 0.29) is 0 Å². The van der Waals surface area contributed by atoms with Gasteiger partial charge in [-0.1, -0.05) is 29.8 Å². The Bertz CT molecular complexity index is 495. The van der Waals surface area contributed by atoms with E-state index in [1.165, 1.54) is 0 Å².